The van der Waals surface area contributed by atoms with Gasteiger partial charge in [0.05, 0.1) is 10.9 Å². The minimum atomic E-state index is -4.77. The van der Waals surface area contributed by atoms with E-state index in [2.05, 4.69) is 19.6 Å². The number of aryl methyl sites for hydroxylation is 1. The first-order chi connectivity index (χ1) is 15.5. The van der Waals surface area contributed by atoms with E-state index in [0.29, 0.717) is 24.4 Å². The summed E-state index contributed by atoms with van der Waals surface area (Å²) in [5, 5.41) is 3.91. The van der Waals surface area contributed by atoms with Crippen LogP contribution in [0.4, 0.5) is 13.2 Å². The molecule has 2 aromatic carbocycles. The number of likely N-dealkylation sites (N-methyl/N-ethyl adjacent to an activating group) is 1. The molecule has 176 valence electrons. The number of alkyl halides is 3. The van der Waals surface area contributed by atoms with Gasteiger partial charge >= 0.3 is 6.36 Å². The molecule has 8 nitrogen and oxygen atoms in total. The first-order valence-corrected chi connectivity index (χ1v) is 11.5. The number of nitrogens with zero attached hydrogens (tertiary/aromatic N) is 3. The fraction of sp³-hybridized carbons (Fsp3) is 0.333. The number of ether oxygens (including phenoxy) is 1. The van der Waals surface area contributed by atoms with Gasteiger partial charge in [-0.15, -0.1) is 13.2 Å². The molecule has 3 aromatic rings. The minimum Gasteiger partial charge on any atom is -0.406 e. The van der Waals surface area contributed by atoms with Crippen molar-refractivity contribution in [3.05, 3.63) is 60.0 Å². The number of likely N-dealkylation sites (tertiary alicyclic amines) is 1. The number of nitrogens with one attached hydrogen (secondary N) is 1. The van der Waals surface area contributed by atoms with E-state index in [0.717, 1.165) is 17.7 Å². The number of hydrogen-bond acceptors (Lipinski definition) is 7. The van der Waals surface area contributed by atoms with Crippen LogP contribution in [0.15, 0.2) is 57.9 Å². The Morgan fingerprint density at radius 1 is 1.12 bits per heavy atom. The molecule has 0 amide bonds. The molecular weight excluding hydrogens is 461 g/mol. The van der Waals surface area contributed by atoms with E-state index in [4.69, 9.17) is 4.52 Å². The number of hydrogen-bond donors (Lipinski definition) is 1. The molecule has 0 aliphatic carbocycles. The van der Waals surface area contributed by atoms with Gasteiger partial charge in [0, 0.05) is 18.2 Å². The van der Waals surface area contributed by atoms with Crippen molar-refractivity contribution in [2.75, 3.05) is 13.6 Å². The summed E-state index contributed by atoms with van der Waals surface area (Å²) in [5.41, 5.74) is 1.42. The number of sulfonamides is 1. The van der Waals surface area contributed by atoms with Gasteiger partial charge in [-0.25, -0.2) is 13.1 Å². The fourth-order valence-corrected chi connectivity index (χ4v) is 4.91. The monoisotopic (exact) mass is 482 g/mol. The average molecular weight is 482 g/mol. The molecule has 4 rings (SSSR count). The van der Waals surface area contributed by atoms with Crippen LogP contribution in [0.5, 0.6) is 5.75 Å². The lowest BCUT2D eigenvalue weighted by molar-refractivity contribution is -0.274. The van der Waals surface area contributed by atoms with Gasteiger partial charge in [0.1, 0.15) is 5.75 Å². The zero-order valence-electron chi connectivity index (χ0n) is 17.7. The van der Waals surface area contributed by atoms with E-state index in [1.807, 2.05) is 18.9 Å². The molecule has 1 saturated heterocycles. The summed E-state index contributed by atoms with van der Waals surface area (Å²) in [6.45, 7) is 2.32. The molecule has 1 fully saturated rings. The van der Waals surface area contributed by atoms with Crippen LogP contribution >= 0.6 is 0 Å². The quantitative estimate of drug-likeness (QED) is 0.573. The SMILES string of the molecule is Cc1ccc(S(=O)(=O)N[C@H]2C[C@@H](c3nc(-c4ccc(OC(F)(F)F)cc4)no3)N(C)C2)cc1. The third-order valence-electron chi connectivity index (χ3n) is 5.27. The number of aromatic nitrogens is 2. The van der Waals surface area contributed by atoms with Gasteiger partial charge < -0.3 is 9.26 Å². The summed E-state index contributed by atoms with van der Waals surface area (Å²) in [6.07, 6.45) is -4.35. The summed E-state index contributed by atoms with van der Waals surface area (Å²) in [4.78, 5) is 6.45. The molecule has 2 heterocycles. The summed E-state index contributed by atoms with van der Waals surface area (Å²) >= 11 is 0. The van der Waals surface area contributed by atoms with Crippen LogP contribution < -0.4 is 9.46 Å². The third-order valence-corrected chi connectivity index (χ3v) is 6.81. The van der Waals surface area contributed by atoms with Crippen molar-refractivity contribution in [2.24, 2.45) is 0 Å². The molecule has 0 saturated carbocycles. The molecule has 1 aromatic heterocycles. The van der Waals surface area contributed by atoms with Crippen molar-refractivity contribution in [3.8, 4) is 17.1 Å². The van der Waals surface area contributed by atoms with Crippen molar-refractivity contribution in [3.63, 3.8) is 0 Å². The standard InChI is InChI=1S/C21H21F3N4O4S/c1-13-3-9-17(10-4-13)33(29,30)27-15-11-18(28(2)12-15)20-25-19(26-32-20)14-5-7-16(8-6-14)31-21(22,23)24/h3-10,15,18,27H,11-12H2,1-2H3/t15-,18-/m0/s1. The van der Waals surface area contributed by atoms with Crippen LogP contribution in [0.1, 0.15) is 23.9 Å². The lowest BCUT2D eigenvalue weighted by Gasteiger charge is -2.14. The molecule has 0 spiro atoms. The zero-order chi connectivity index (χ0) is 23.8. The number of rotatable bonds is 6. The Bertz CT molecular complexity index is 1210. The Morgan fingerprint density at radius 3 is 2.42 bits per heavy atom. The van der Waals surface area contributed by atoms with E-state index in [-0.39, 0.29) is 28.6 Å². The molecule has 2 atom stereocenters. The molecule has 0 bridgehead atoms. The number of halogens is 3. The highest BCUT2D eigenvalue weighted by molar-refractivity contribution is 7.89. The lowest BCUT2D eigenvalue weighted by Crippen LogP contribution is -2.36. The molecule has 12 heteroatoms. The lowest BCUT2D eigenvalue weighted by atomic mass is 10.2. The maximum absolute atomic E-state index is 12.7. The second-order valence-corrected chi connectivity index (χ2v) is 9.56. The topological polar surface area (TPSA) is 97.6 Å². The van der Waals surface area contributed by atoms with E-state index in [9.17, 15) is 21.6 Å². The van der Waals surface area contributed by atoms with Gasteiger partial charge in [-0.05, 0) is 56.8 Å². The summed E-state index contributed by atoms with van der Waals surface area (Å²) in [5.74, 6) is 0.148. The molecule has 1 aliphatic rings. The second-order valence-electron chi connectivity index (χ2n) is 7.85. The fourth-order valence-electron chi connectivity index (χ4n) is 3.67. The average Bonchev–Trinajstić information content (AvgIpc) is 3.34. The highest BCUT2D eigenvalue weighted by atomic mass is 32.2. The van der Waals surface area contributed by atoms with E-state index < -0.39 is 16.4 Å². The Labute approximate surface area is 188 Å². The molecule has 1 aliphatic heterocycles. The van der Waals surface area contributed by atoms with Crippen LogP contribution in [0.3, 0.4) is 0 Å². The van der Waals surface area contributed by atoms with Crippen LogP contribution in [-0.4, -0.2) is 49.5 Å². The summed E-state index contributed by atoms with van der Waals surface area (Å²) < 4.78 is 74.3. The Hall–Kier alpha value is -2.96. The summed E-state index contributed by atoms with van der Waals surface area (Å²) in [6, 6.07) is 11.0. The smallest absolute Gasteiger partial charge is 0.406 e. The normalized spacial score (nSPS) is 19.7. The largest absolute Gasteiger partial charge is 0.573 e. The van der Waals surface area contributed by atoms with Gasteiger partial charge in [0.25, 0.3) is 0 Å². The van der Waals surface area contributed by atoms with Crippen molar-refractivity contribution in [2.45, 2.75) is 36.7 Å². The Balaban J connectivity index is 1.44. The van der Waals surface area contributed by atoms with Gasteiger partial charge in [0.2, 0.25) is 21.7 Å². The van der Waals surface area contributed by atoms with E-state index >= 15 is 0 Å². The van der Waals surface area contributed by atoms with E-state index in [1.54, 1.807) is 24.3 Å². The first-order valence-electron chi connectivity index (χ1n) is 9.99. The molecule has 0 unspecified atom stereocenters. The van der Waals surface area contributed by atoms with E-state index in [1.165, 1.54) is 12.1 Å². The van der Waals surface area contributed by atoms with Crippen molar-refractivity contribution >= 4 is 10.0 Å². The highest BCUT2D eigenvalue weighted by Crippen LogP contribution is 2.32. The summed E-state index contributed by atoms with van der Waals surface area (Å²) in [7, 11) is -1.86. The van der Waals surface area contributed by atoms with Crippen molar-refractivity contribution < 1.29 is 30.8 Å². The Kier molecular flexibility index (Phi) is 6.16. The van der Waals surface area contributed by atoms with Crippen LogP contribution in [0, 0.1) is 6.92 Å². The van der Waals surface area contributed by atoms with Crippen LogP contribution in [0.2, 0.25) is 0 Å². The predicted octanol–water partition coefficient (Wildman–Crippen LogP) is 3.67. The predicted molar refractivity (Wildman–Crippen MR) is 112 cm³/mol. The molecule has 33 heavy (non-hydrogen) atoms. The maximum Gasteiger partial charge on any atom is 0.573 e. The van der Waals surface area contributed by atoms with Crippen molar-refractivity contribution in [1.82, 2.24) is 19.8 Å². The molecule has 0 radical (unpaired) electrons. The highest BCUT2D eigenvalue weighted by Gasteiger charge is 2.36. The van der Waals surface area contributed by atoms with Gasteiger partial charge in [-0.1, -0.05) is 22.9 Å². The Morgan fingerprint density at radius 2 is 1.79 bits per heavy atom. The minimum absolute atomic E-state index is 0.192. The third kappa shape index (κ3) is 5.52. The molecule has 1 N–H and O–H groups in total. The van der Waals surface area contributed by atoms with Crippen molar-refractivity contribution in [1.29, 1.82) is 0 Å². The first kappa shape index (κ1) is 23.2. The second kappa shape index (κ2) is 8.76. The van der Waals surface area contributed by atoms with Gasteiger partial charge in [0.15, 0.2) is 0 Å². The maximum atomic E-state index is 12.7. The zero-order valence-corrected chi connectivity index (χ0v) is 18.5. The van der Waals surface area contributed by atoms with Gasteiger partial charge in [-0.2, -0.15) is 4.98 Å². The van der Waals surface area contributed by atoms with Gasteiger partial charge in [-0.3, -0.25) is 4.90 Å². The number of benzene rings is 2. The van der Waals surface area contributed by atoms with Crippen LogP contribution in [-0.2, 0) is 10.0 Å². The van der Waals surface area contributed by atoms with Crippen LogP contribution in [0.25, 0.3) is 11.4 Å². The molecular formula is C21H21F3N4O4S.